The quantitative estimate of drug-likeness (QED) is 0.615. The highest BCUT2D eigenvalue weighted by molar-refractivity contribution is 6.32. The lowest BCUT2D eigenvalue weighted by atomic mass is 10.2. The first-order chi connectivity index (χ1) is 10.2. The largest absolute Gasteiger partial charge is 0.490 e. The van der Waals surface area contributed by atoms with Crippen molar-refractivity contribution in [2.45, 2.75) is 39.7 Å². The Kier molecular flexibility index (Phi) is 9.22. The second-order valence-corrected chi connectivity index (χ2v) is 5.20. The highest BCUT2D eigenvalue weighted by Gasteiger charge is 2.12. The van der Waals surface area contributed by atoms with E-state index in [-0.39, 0.29) is 6.61 Å². The van der Waals surface area contributed by atoms with Gasteiger partial charge >= 0.3 is 0 Å². The van der Waals surface area contributed by atoms with Gasteiger partial charge < -0.3 is 19.9 Å². The van der Waals surface area contributed by atoms with Crippen molar-refractivity contribution in [3.63, 3.8) is 0 Å². The van der Waals surface area contributed by atoms with Gasteiger partial charge in [-0.3, -0.25) is 0 Å². The average Bonchev–Trinajstić information content (AvgIpc) is 2.46. The van der Waals surface area contributed by atoms with Gasteiger partial charge in [-0.2, -0.15) is 0 Å². The zero-order valence-electron chi connectivity index (χ0n) is 13.0. The standard InChI is InChI=1S/C16H26ClNO3/c1-3-5-6-9-21-16-14(17)10-13(12-18-7-8-19)11-15(16)20-4-2/h10-11,18-19H,3-9,12H2,1-2H3. The Morgan fingerprint density at radius 2 is 2.00 bits per heavy atom. The number of benzene rings is 1. The summed E-state index contributed by atoms with van der Waals surface area (Å²) in [5.74, 6) is 1.31. The van der Waals surface area contributed by atoms with Crippen molar-refractivity contribution < 1.29 is 14.6 Å². The number of hydrogen-bond donors (Lipinski definition) is 2. The summed E-state index contributed by atoms with van der Waals surface area (Å²) in [5, 5.41) is 12.5. The van der Waals surface area contributed by atoms with Gasteiger partial charge in [0.15, 0.2) is 11.5 Å². The van der Waals surface area contributed by atoms with Crippen LogP contribution in [0, 0.1) is 0 Å². The van der Waals surface area contributed by atoms with Crippen LogP contribution in [-0.2, 0) is 6.54 Å². The Bertz CT molecular complexity index is 413. The fraction of sp³-hybridized carbons (Fsp3) is 0.625. The lowest BCUT2D eigenvalue weighted by molar-refractivity contribution is 0.271. The summed E-state index contributed by atoms with van der Waals surface area (Å²) in [6.45, 7) is 6.61. The average molecular weight is 316 g/mol. The summed E-state index contributed by atoms with van der Waals surface area (Å²) in [4.78, 5) is 0. The first-order valence-corrected chi connectivity index (χ1v) is 8.00. The first-order valence-electron chi connectivity index (χ1n) is 7.62. The maximum atomic E-state index is 8.79. The van der Waals surface area contributed by atoms with E-state index in [0.717, 1.165) is 24.8 Å². The Hall–Kier alpha value is -0.970. The van der Waals surface area contributed by atoms with Crippen LogP contribution in [-0.4, -0.2) is 31.5 Å². The van der Waals surface area contributed by atoms with E-state index in [1.165, 1.54) is 0 Å². The number of ether oxygens (including phenoxy) is 2. The third-order valence-electron chi connectivity index (χ3n) is 2.98. The molecule has 1 rings (SSSR count). The van der Waals surface area contributed by atoms with E-state index in [2.05, 4.69) is 12.2 Å². The van der Waals surface area contributed by atoms with Crippen molar-refractivity contribution >= 4 is 11.6 Å². The molecule has 0 heterocycles. The predicted molar refractivity (Wildman–Crippen MR) is 86.4 cm³/mol. The van der Waals surface area contributed by atoms with Crippen molar-refractivity contribution in [2.75, 3.05) is 26.4 Å². The van der Waals surface area contributed by atoms with Crippen molar-refractivity contribution in [2.24, 2.45) is 0 Å². The molecule has 0 saturated carbocycles. The van der Waals surface area contributed by atoms with Gasteiger partial charge in [-0.25, -0.2) is 0 Å². The molecule has 120 valence electrons. The lowest BCUT2D eigenvalue weighted by Crippen LogP contribution is -2.17. The lowest BCUT2D eigenvalue weighted by Gasteiger charge is -2.15. The van der Waals surface area contributed by atoms with Gasteiger partial charge in [-0.1, -0.05) is 31.4 Å². The first kappa shape index (κ1) is 18.1. The molecule has 0 bridgehead atoms. The SMILES string of the molecule is CCCCCOc1c(Cl)cc(CNCCO)cc1OCC. The molecule has 5 heteroatoms. The molecule has 0 amide bonds. The minimum atomic E-state index is 0.116. The molecular weight excluding hydrogens is 290 g/mol. The number of unbranched alkanes of at least 4 members (excludes halogenated alkanes) is 2. The van der Waals surface area contributed by atoms with Crippen LogP contribution in [0.25, 0.3) is 0 Å². The fourth-order valence-electron chi connectivity index (χ4n) is 1.96. The number of hydrogen-bond acceptors (Lipinski definition) is 4. The summed E-state index contributed by atoms with van der Waals surface area (Å²) in [7, 11) is 0. The molecule has 0 aliphatic heterocycles. The summed E-state index contributed by atoms with van der Waals surface area (Å²) in [5.41, 5.74) is 1.01. The van der Waals surface area contributed by atoms with Crippen LogP contribution < -0.4 is 14.8 Å². The number of nitrogens with one attached hydrogen (secondary N) is 1. The molecule has 2 N–H and O–H groups in total. The van der Waals surface area contributed by atoms with Crippen molar-refractivity contribution in [1.29, 1.82) is 0 Å². The zero-order valence-corrected chi connectivity index (χ0v) is 13.7. The van der Waals surface area contributed by atoms with Gasteiger partial charge in [0.1, 0.15) is 0 Å². The van der Waals surface area contributed by atoms with Gasteiger partial charge in [0.05, 0.1) is 24.8 Å². The van der Waals surface area contributed by atoms with Crippen LogP contribution in [0.5, 0.6) is 11.5 Å². The Morgan fingerprint density at radius 1 is 1.19 bits per heavy atom. The molecule has 0 unspecified atom stereocenters. The van der Waals surface area contributed by atoms with Gasteiger partial charge in [0.25, 0.3) is 0 Å². The van der Waals surface area contributed by atoms with Crippen molar-refractivity contribution in [3.8, 4) is 11.5 Å². The summed E-state index contributed by atoms with van der Waals surface area (Å²) >= 11 is 6.31. The van der Waals surface area contributed by atoms with Crippen LogP contribution in [0.3, 0.4) is 0 Å². The van der Waals surface area contributed by atoms with Crippen LogP contribution in [0.2, 0.25) is 5.02 Å². The van der Waals surface area contributed by atoms with E-state index in [9.17, 15) is 0 Å². The molecule has 0 spiro atoms. The van der Waals surface area contributed by atoms with Gasteiger partial charge in [-0.05, 0) is 31.0 Å². The fourth-order valence-corrected chi connectivity index (χ4v) is 2.25. The van der Waals surface area contributed by atoms with E-state index in [0.29, 0.717) is 42.8 Å². The molecule has 0 fully saturated rings. The molecule has 4 nitrogen and oxygen atoms in total. The van der Waals surface area contributed by atoms with Gasteiger partial charge in [0, 0.05) is 13.1 Å². The van der Waals surface area contributed by atoms with Crippen LogP contribution in [0.4, 0.5) is 0 Å². The van der Waals surface area contributed by atoms with E-state index in [1.807, 2.05) is 19.1 Å². The number of rotatable bonds is 11. The van der Waals surface area contributed by atoms with Crippen LogP contribution >= 0.6 is 11.6 Å². The summed E-state index contributed by atoms with van der Waals surface area (Å²) in [6.07, 6.45) is 3.31. The Labute approximate surface area is 132 Å². The smallest absolute Gasteiger partial charge is 0.179 e. The molecule has 21 heavy (non-hydrogen) atoms. The molecular formula is C16H26ClNO3. The van der Waals surface area contributed by atoms with Crippen molar-refractivity contribution in [1.82, 2.24) is 5.32 Å². The molecule has 0 aliphatic rings. The number of halogens is 1. The maximum absolute atomic E-state index is 8.79. The van der Waals surface area contributed by atoms with Crippen LogP contribution in [0.15, 0.2) is 12.1 Å². The minimum Gasteiger partial charge on any atom is -0.490 e. The highest BCUT2D eigenvalue weighted by atomic mass is 35.5. The minimum absolute atomic E-state index is 0.116. The normalized spacial score (nSPS) is 10.7. The monoisotopic (exact) mass is 315 g/mol. The van der Waals surface area contributed by atoms with Crippen molar-refractivity contribution in [3.05, 3.63) is 22.7 Å². The van der Waals surface area contributed by atoms with Crippen LogP contribution in [0.1, 0.15) is 38.7 Å². The molecule has 1 aromatic rings. The molecule has 0 atom stereocenters. The number of aliphatic hydroxyl groups is 1. The molecule has 0 aromatic heterocycles. The zero-order chi connectivity index (χ0) is 15.5. The second-order valence-electron chi connectivity index (χ2n) is 4.79. The van der Waals surface area contributed by atoms with E-state index in [1.54, 1.807) is 0 Å². The third kappa shape index (κ3) is 6.55. The third-order valence-corrected chi connectivity index (χ3v) is 3.26. The Balaban J connectivity index is 2.75. The van der Waals surface area contributed by atoms with Gasteiger partial charge in [0.2, 0.25) is 0 Å². The van der Waals surface area contributed by atoms with E-state index >= 15 is 0 Å². The maximum Gasteiger partial charge on any atom is 0.179 e. The molecule has 0 saturated heterocycles. The van der Waals surface area contributed by atoms with E-state index < -0.39 is 0 Å². The molecule has 1 aromatic carbocycles. The van der Waals surface area contributed by atoms with Gasteiger partial charge in [-0.15, -0.1) is 0 Å². The second kappa shape index (κ2) is 10.7. The number of aliphatic hydroxyl groups excluding tert-OH is 1. The summed E-state index contributed by atoms with van der Waals surface area (Å²) in [6, 6.07) is 3.82. The predicted octanol–water partition coefficient (Wildman–Crippen LogP) is 3.39. The highest BCUT2D eigenvalue weighted by Crippen LogP contribution is 2.36. The topological polar surface area (TPSA) is 50.7 Å². The molecule has 0 aliphatic carbocycles. The Morgan fingerprint density at radius 3 is 2.67 bits per heavy atom. The molecule has 0 radical (unpaired) electrons. The summed E-state index contributed by atoms with van der Waals surface area (Å²) < 4.78 is 11.4. The van der Waals surface area contributed by atoms with E-state index in [4.69, 9.17) is 26.2 Å².